The highest BCUT2D eigenvalue weighted by Crippen LogP contribution is 2.34. The minimum atomic E-state index is -0.835. The summed E-state index contributed by atoms with van der Waals surface area (Å²) in [5.74, 6) is 0.342. The van der Waals surface area contributed by atoms with Crippen molar-refractivity contribution in [2.24, 2.45) is 0 Å². The number of halogens is 1. The lowest BCUT2D eigenvalue weighted by atomic mass is 10.0. The van der Waals surface area contributed by atoms with Crippen molar-refractivity contribution in [3.63, 3.8) is 0 Å². The zero-order valence-corrected chi connectivity index (χ0v) is 20.8. The molecule has 1 N–H and O–H groups in total. The Balaban J connectivity index is 1.22. The van der Waals surface area contributed by atoms with Crippen molar-refractivity contribution in [1.29, 1.82) is 0 Å². The summed E-state index contributed by atoms with van der Waals surface area (Å²) in [5, 5.41) is 11.8. The summed E-state index contributed by atoms with van der Waals surface area (Å²) >= 11 is 0. The number of pyridine rings is 1. The van der Waals surface area contributed by atoms with Crippen LogP contribution in [-0.4, -0.2) is 58.5 Å². The maximum atomic E-state index is 15.2. The van der Waals surface area contributed by atoms with E-state index >= 15 is 4.39 Å². The quantitative estimate of drug-likeness (QED) is 0.570. The first kappa shape index (κ1) is 23.5. The average molecular weight is 492 g/mol. The van der Waals surface area contributed by atoms with Crippen LogP contribution in [0.4, 0.5) is 10.1 Å². The van der Waals surface area contributed by atoms with E-state index in [4.69, 9.17) is 4.74 Å². The van der Waals surface area contributed by atoms with E-state index in [2.05, 4.69) is 9.80 Å². The predicted molar refractivity (Wildman–Crippen MR) is 140 cm³/mol. The van der Waals surface area contributed by atoms with Gasteiger partial charge in [-0.05, 0) is 100 Å². The molecule has 3 heterocycles. The van der Waals surface area contributed by atoms with Crippen LogP contribution in [0.1, 0.15) is 45.4 Å². The van der Waals surface area contributed by atoms with Crippen LogP contribution in [0.15, 0.2) is 53.5 Å². The summed E-state index contributed by atoms with van der Waals surface area (Å²) in [4.78, 5) is 17.9. The van der Waals surface area contributed by atoms with Gasteiger partial charge in [0, 0.05) is 36.8 Å². The van der Waals surface area contributed by atoms with Gasteiger partial charge in [0.1, 0.15) is 17.7 Å². The summed E-state index contributed by atoms with van der Waals surface area (Å²) in [6.07, 6.45) is 7.49. The maximum Gasteiger partial charge on any atom is 0.262 e. The Bertz CT molecular complexity index is 1330. The second-order valence-electron chi connectivity index (χ2n) is 10.9. The number of aliphatic hydroxyl groups is 1. The van der Waals surface area contributed by atoms with Gasteiger partial charge in [0.15, 0.2) is 0 Å². The fourth-order valence-corrected chi connectivity index (χ4v) is 6.24. The molecular weight excluding hydrogens is 457 g/mol. The first-order chi connectivity index (χ1) is 17.4. The van der Waals surface area contributed by atoms with E-state index in [9.17, 15) is 9.90 Å². The van der Waals surface area contributed by atoms with Crippen molar-refractivity contribution in [3.8, 4) is 11.4 Å². The Morgan fingerprint density at radius 2 is 1.86 bits per heavy atom. The van der Waals surface area contributed by atoms with E-state index in [-0.39, 0.29) is 17.5 Å². The van der Waals surface area contributed by atoms with Crippen molar-refractivity contribution >= 4 is 16.5 Å². The van der Waals surface area contributed by atoms with Gasteiger partial charge in [-0.3, -0.25) is 14.3 Å². The first-order valence-corrected chi connectivity index (χ1v) is 13.2. The lowest BCUT2D eigenvalue weighted by molar-refractivity contribution is -0.0251. The van der Waals surface area contributed by atoms with Gasteiger partial charge in [0.2, 0.25) is 0 Å². The molecule has 1 aromatic heterocycles. The monoisotopic (exact) mass is 491 g/mol. The summed E-state index contributed by atoms with van der Waals surface area (Å²) in [5.41, 5.74) is 0.0904. The molecule has 3 fully saturated rings. The van der Waals surface area contributed by atoms with Crippen LogP contribution in [0.2, 0.25) is 0 Å². The van der Waals surface area contributed by atoms with E-state index < -0.39 is 5.60 Å². The first-order valence-electron chi connectivity index (χ1n) is 13.2. The second kappa shape index (κ2) is 9.20. The summed E-state index contributed by atoms with van der Waals surface area (Å²) in [7, 11) is 0. The van der Waals surface area contributed by atoms with Gasteiger partial charge in [-0.25, -0.2) is 4.39 Å². The zero-order chi connectivity index (χ0) is 24.9. The summed E-state index contributed by atoms with van der Waals surface area (Å²) in [6, 6.07) is 12.8. The number of benzene rings is 2. The molecule has 36 heavy (non-hydrogen) atoms. The highest BCUT2D eigenvalue weighted by Gasteiger charge is 2.38. The number of fused-ring (bicyclic) bond motifs is 1. The van der Waals surface area contributed by atoms with Crippen molar-refractivity contribution in [1.82, 2.24) is 9.47 Å². The van der Waals surface area contributed by atoms with Crippen LogP contribution in [-0.2, 0) is 0 Å². The molecule has 0 bridgehead atoms. The molecule has 0 spiro atoms. The number of nitrogens with zero attached hydrogens (tertiary/aromatic N) is 3. The van der Waals surface area contributed by atoms with Gasteiger partial charge >= 0.3 is 0 Å². The molecule has 190 valence electrons. The molecule has 1 saturated carbocycles. The van der Waals surface area contributed by atoms with Gasteiger partial charge in [0.05, 0.1) is 17.0 Å². The predicted octanol–water partition coefficient (Wildman–Crippen LogP) is 4.49. The molecule has 0 radical (unpaired) electrons. The fourth-order valence-electron chi connectivity index (χ4n) is 6.24. The minimum absolute atomic E-state index is 0.200. The van der Waals surface area contributed by atoms with Crippen molar-refractivity contribution in [2.75, 3.05) is 31.1 Å². The maximum absolute atomic E-state index is 15.2. The molecule has 3 aromatic rings. The number of hydrogen-bond acceptors (Lipinski definition) is 5. The molecule has 0 amide bonds. The third-order valence-electron chi connectivity index (χ3n) is 8.37. The van der Waals surface area contributed by atoms with Gasteiger partial charge in [-0.2, -0.15) is 0 Å². The van der Waals surface area contributed by atoms with E-state index in [0.717, 1.165) is 57.2 Å². The Hall–Kier alpha value is -2.90. The van der Waals surface area contributed by atoms with Crippen LogP contribution >= 0.6 is 0 Å². The van der Waals surface area contributed by atoms with Gasteiger partial charge in [-0.15, -0.1) is 0 Å². The molecule has 3 atom stereocenters. The average Bonchev–Trinajstić information content (AvgIpc) is 3.61. The number of aromatic nitrogens is 1. The van der Waals surface area contributed by atoms with E-state index in [1.165, 1.54) is 23.5 Å². The van der Waals surface area contributed by atoms with Crippen LogP contribution < -0.4 is 15.2 Å². The topological polar surface area (TPSA) is 57.9 Å². The smallest absolute Gasteiger partial charge is 0.262 e. The van der Waals surface area contributed by atoms with Crippen molar-refractivity contribution < 1.29 is 14.2 Å². The van der Waals surface area contributed by atoms with E-state index in [0.29, 0.717) is 28.6 Å². The van der Waals surface area contributed by atoms with Crippen molar-refractivity contribution in [2.45, 2.75) is 63.2 Å². The van der Waals surface area contributed by atoms with Gasteiger partial charge in [0.25, 0.3) is 5.56 Å². The molecule has 6 rings (SSSR count). The Morgan fingerprint density at radius 1 is 1.03 bits per heavy atom. The molecule has 7 heteroatoms. The Kier molecular flexibility index (Phi) is 6.00. The molecule has 6 nitrogen and oxygen atoms in total. The normalized spacial score (nSPS) is 26.8. The highest BCUT2D eigenvalue weighted by molar-refractivity contribution is 5.83. The molecule has 2 saturated heterocycles. The number of ether oxygens (including phenoxy) is 1. The molecule has 3 aliphatic rings. The number of rotatable bonds is 5. The minimum Gasteiger partial charge on any atom is -0.487 e. The van der Waals surface area contributed by atoms with E-state index in [1.807, 2.05) is 25.1 Å². The van der Waals surface area contributed by atoms with Gasteiger partial charge in [-0.1, -0.05) is 0 Å². The highest BCUT2D eigenvalue weighted by atomic mass is 19.1. The lowest BCUT2D eigenvalue weighted by Crippen LogP contribution is -2.37. The second-order valence-corrected chi connectivity index (χ2v) is 10.9. The largest absolute Gasteiger partial charge is 0.487 e. The summed E-state index contributed by atoms with van der Waals surface area (Å²) in [6.45, 7) is 5.82. The van der Waals surface area contributed by atoms with Crippen LogP contribution in [0, 0.1) is 5.82 Å². The molecule has 1 aliphatic carbocycles. The fraction of sp³-hybridized carbons (Fsp3) is 0.483. The molecule has 2 aromatic carbocycles. The van der Waals surface area contributed by atoms with Crippen LogP contribution in [0.5, 0.6) is 5.75 Å². The van der Waals surface area contributed by atoms with E-state index in [1.54, 1.807) is 24.4 Å². The lowest BCUT2D eigenvalue weighted by Gasteiger charge is -2.26. The molecular formula is C29H34FN3O3. The van der Waals surface area contributed by atoms with Gasteiger partial charge < -0.3 is 14.7 Å². The van der Waals surface area contributed by atoms with Crippen LogP contribution in [0.25, 0.3) is 16.5 Å². The number of anilines is 1. The van der Waals surface area contributed by atoms with Crippen LogP contribution in [0.3, 0.4) is 0 Å². The standard InChI is InChI=1S/C29H34FN3O3/c1-29(35)12-4-5-27(29)36-23-7-8-24-20(17-23)10-16-33(28(24)34)21-6-9-26(25(30)18-21)32-15-11-22(19-32)31-13-2-3-14-31/h6-10,16-18,22,27,35H,2-5,11-15,19H2,1H3/t22-,27?,29?/m1/s1. The molecule has 2 unspecified atom stereocenters. The SMILES string of the molecule is CC1(O)CCCC1Oc1ccc2c(=O)n(-c3ccc(N4CC[C@@H](N5CCCC5)C4)c(F)c3)ccc2c1. The number of likely N-dealkylation sites (tertiary alicyclic amines) is 1. The third kappa shape index (κ3) is 4.28. The number of hydrogen-bond donors (Lipinski definition) is 1. The molecule has 2 aliphatic heterocycles. The summed E-state index contributed by atoms with van der Waals surface area (Å²) < 4.78 is 22.8. The Labute approximate surface area is 210 Å². The Morgan fingerprint density at radius 3 is 2.61 bits per heavy atom. The van der Waals surface area contributed by atoms with Crippen molar-refractivity contribution in [3.05, 3.63) is 64.8 Å². The third-order valence-corrected chi connectivity index (χ3v) is 8.37. The zero-order valence-electron chi connectivity index (χ0n) is 20.8.